The van der Waals surface area contributed by atoms with Crippen molar-refractivity contribution in [1.82, 2.24) is 9.80 Å². The Kier molecular flexibility index (Phi) is 5.19. The van der Waals surface area contributed by atoms with Crippen molar-refractivity contribution in [3.8, 4) is 0 Å². The molecule has 0 N–H and O–H groups in total. The zero-order valence-electron chi connectivity index (χ0n) is 14.5. The minimum absolute atomic E-state index is 0.0876. The number of hydrogen-bond donors (Lipinski definition) is 0. The van der Waals surface area contributed by atoms with Crippen molar-refractivity contribution in [1.29, 1.82) is 0 Å². The molecule has 0 aliphatic carbocycles. The second-order valence-electron chi connectivity index (χ2n) is 6.90. The van der Waals surface area contributed by atoms with Crippen LogP contribution in [0.1, 0.15) is 41.6 Å². The van der Waals surface area contributed by atoms with Crippen molar-refractivity contribution >= 4 is 11.8 Å². The van der Waals surface area contributed by atoms with Crippen molar-refractivity contribution in [2.75, 3.05) is 27.2 Å². The Bertz CT molecular complexity index is 616. The number of nitrogens with zero attached hydrogens (tertiary/aromatic N) is 2. The maximum atomic E-state index is 12.9. The highest BCUT2D eigenvalue weighted by atomic mass is 16.5. The Hall–Kier alpha value is -1.88. The Morgan fingerprint density at radius 1 is 1.33 bits per heavy atom. The fraction of sp³-hybridized carbons (Fsp3) is 0.579. The molecule has 2 amide bonds. The standard InChI is InChI=1S/C19H26N2O3/c1-20-17-9-10-21(12-16(17)7-4-8-18(20)22)19(23)15-6-3-5-14(11-15)13-24-2/h3,5-6,11,16-17H,4,7-10,12-13H2,1-2H3/t16-,17-/m1/s1. The van der Waals surface area contributed by atoms with E-state index in [1.54, 1.807) is 7.11 Å². The average Bonchev–Trinajstić information content (AvgIpc) is 2.74. The van der Waals surface area contributed by atoms with Crippen LogP contribution in [0.25, 0.3) is 0 Å². The van der Waals surface area contributed by atoms with Crippen LogP contribution < -0.4 is 0 Å². The molecule has 2 aliphatic rings. The van der Waals surface area contributed by atoms with E-state index < -0.39 is 0 Å². The summed E-state index contributed by atoms with van der Waals surface area (Å²) < 4.78 is 5.15. The molecule has 0 radical (unpaired) electrons. The van der Waals surface area contributed by atoms with Crippen LogP contribution in [-0.4, -0.2) is 54.9 Å². The third-order valence-corrected chi connectivity index (χ3v) is 5.32. The van der Waals surface area contributed by atoms with Gasteiger partial charge in [0.25, 0.3) is 5.91 Å². The number of carbonyl (C=O) groups excluding carboxylic acids is 2. The first-order valence-electron chi connectivity index (χ1n) is 8.73. The van der Waals surface area contributed by atoms with Crippen LogP contribution in [0.4, 0.5) is 0 Å². The summed E-state index contributed by atoms with van der Waals surface area (Å²) in [6.45, 7) is 1.97. The molecule has 2 heterocycles. The monoisotopic (exact) mass is 330 g/mol. The van der Waals surface area contributed by atoms with Gasteiger partial charge in [-0.15, -0.1) is 0 Å². The minimum atomic E-state index is 0.0876. The molecule has 5 heteroatoms. The van der Waals surface area contributed by atoms with Crippen LogP contribution >= 0.6 is 0 Å². The second kappa shape index (κ2) is 7.34. The summed E-state index contributed by atoms with van der Waals surface area (Å²) in [5, 5.41) is 0. The third kappa shape index (κ3) is 3.46. The molecule has 0 aromatic heterocycles. The van der Waals surface area contributed by atoms with E-state index in [4.69, 9.17) is 4.74 Å². The van der Waals surface area contributed by atoms with Gasteiger partial charge in [0.1, 0.15) is 0 Å². The third-order valence-electron chi connectivity index (χ3n) is 5.32. The molecule has 0 saturated carbocycles. The van der Waals surface area contributed by atoms with E-state index in [1.165, 1.54) is 0 Å². The average molecular weight is 330 g/mol. The SMILES string of the molecule is COCc1cccc(C(=O)N2CC[C@@H]3[C@H](CCCC(=O)N3C)C2)c1. The van der Waals surface area contributed by atoms with Gasteiger partial charge in [-0.3, -0.25) is 9.59 Å². The van der Waals surface area contributed by atoms with Crippen molar-refractivity contribution in [2.24, 2.45) is 5.92 Å². The van der Waals surface area contributed by atoms with E-state index in [-0.39, 0.29) is 17.9 Å². The van der Waals surface area contributed by atoms with Gasteiger partial charge >= 0.3 is 0 Å². The summed E-state index contributed by atoms with van der Waals surface area (Å²) >= 11 is 0. The predicted octanol–water partition coefficient (Wildman–Crippen LogP) is 2.31. The van der Waals surface area contributed by atoms with Crippen LogP contribution in [0.15, 0.2) is 24.3 Å². The number of piperidine rings is 1. The molecule has 0 unspecified atom stereocenters. The number of fused-ring (bicyclic) bond motifs is 1. The number of likely N-dealkylation sites (tertiary alicyclic amines) is 2. The number of carbonyl (C=O) groups is 2. The lowest BCUT2D eigenvalue weighted by Gasteiger charge is -2.41. The molecular formula is C19H26N2O3. The highest BCUT2D eigenvalue weighted by Crippen LogP contribution is 2.30. The Balaban J connectivity index is 1.71. The van der Waals surface area contributed by atoms with E-state index in [1.807, 2.05) is 41.1 Å². The smallest absolute Gasteiger partial charge is 0.253 e. The molecule has 130 valence electrons. The van der Waals surface area contributed by atoms with E-state index in [9.17, 15) is 9.59 Å². The summed E-state index contributed by atoms with van der Waals surface area (Å²) in [6.07, 6.45) is 3.46. The van der Waals surface area contributed by atoms with Crippen LogP contribution in [0.2, 0.25) is 0 Å². The van der Waals surface area contributed by atoms with E-state index >= 15 is 0 Å². The normalized spacial score (nSPS) is 24.5. The summed E-state index contributed by atoms with van der Waals surface area (Å²) in [4.78, 5) is 28.8. The molecular weight excluding hydrogens is 304 g/mol. The van der Waals surface area contributed by atoms with Crippen LogP contribution in [0.5, 0.6) is 0 Å². The fourth-order valence-electron chi connectivity index (χ4n) is 4.02. The molecule has 2 saturated heterocycles. The number of methoxy groups -OCH3 is 1. The van der Waals surface area contributed by atoms with Gasteiger partial charge in [0, 0.05) is 45.3 Å². The molecule has 1 aromatic rings. The summed E-state index contributed by atoms with van der Waals surface area (Å²) in [5.74, 6) is 0.723. The van der Waals surface area contributed by atoms with Gasteiger partial charge in [0.2, 0.25) is 5.91 Å². The first-order valence-corrected chi connectivity index (χ1v) is 8.73. The van der Waals surface area contributed by atoms with Gasteiger partial charge in [0.05, 0.1) is 6.61 Å². The minimum Gasteiger partial charge on any atom is -0.380 e. The maximum Gasteiger partial charge on any atom is 0.253 e. The van der Waals surface area contributed by atoms with Gasteiger partial charge in [-0.2, -0.15) is 0 Å². The molecule has 2 fully saturated rings. The first kappa shape index (κ1) is 17.0. The van der Waals surface area contributed by atoms with Crippen LogP contribution in [0, 0.1) is 5.92 Å². The number of rotatable bonds is 3. The van der Waals surface area contributed by atoms with Crippen molar-refractivity contribution in [3.63, 3.8) is 0 Å². The lowest BCUT2D eigenvalue weighted by atomic mass is 9.88. The summed E-state index contributed by atoms with van der Waals surface area (Å²) in [7, 11) is 3.57. The molecule has 2 aliphatic heterocycles. The highest BCUT2D eigenvalue weighted by molar-refractivity contribution is 5.94. The van der Waals surface area contributed by atoms with Gasteiger partial charge < -0.3 is 14.5 Å². The van der Waals surface area contributed by atoms with Crippen LogP contribution in [0.3, 0.4) is 0 Å². The van der Waals surface area contributed by atoms with E-state index in [0.29, 0.717) is 25.5 Å². The maximum absolute atomic E-state index is 12.9. The quantitative estimate of drug-likeness (QED) is 0.854. The summed E-state index contributed by atoms with van der Waals surface area (Å²) in [6, 6.07) is 7.95. The fourth-order valence-corrected chi connectivity index (χ4v) is 4.02. The molecule has 0 bridgehead atoms. The zero-order chi connectivity index (χ0) is 17.1. The molecule has 2 atom stereocenters. The van der Waals surface area contributed by atoms with E-state index in [2.05, 4.69) is 0 Å². The molecule has 24 heavy (non-hydrogen) atoms. The van der Waals surface area contributed by atoms with Gasteiger partial charge in [-0.1, -0.05) is 12.1 Å². The largest absolute Gasteiger partial charge is 0.380 e. The molecule has 1 aromatic carbocycles. The number of hydrogen-bond acceptors (Lipinski definition) is 3. The lowest BCUT2D eigenvalue weighted by Crippen LogP contribution is -2.51. The Morgan fingerprint density at radius 3 is 2.96 bits per heavy atom. The van der Waals surface area contributed by atoms with E-state index in [0.717, 1.165) is 36.9 Å². The molecule has 0 spiro atoms. The highest BCUT2D eigenvalue weighted by Gasteiger charge is 2.37. The predicted molar refractivity (Wildman–Crippen MR) is 91.6 cm³/mol. The first-order chi connectivity index (χ1) is 11.6. The number of ether oxygens (including phenoxy) is 1. The molecule has 5 nitrogen and oxygen atoms in total. The lowest BCUT2D eigenvalue weighted by molar-refractivity contribution is -0.132. The van der Waals surface area contributed by atoms with Crippen molar-refractivity contribution in [3.05, 3.63) is 35.4 Å². The topological polar surface area (TPSA) is 49.9 Å². The van der Waals surface area contributed by atoms with Crippen molar-refractivity contribution < 1.29 is 14.3 Å². The Labute approximate surface area is 143 Å². The molecule has 3 rings (SSSR count). The number of benzene rings is 1. The second-order valence-corrected chi connectivity index (χ2v) is 6.90. The van der Waals surface area contributed by atoms with Gasteiger partial charge in [-0.05, 0) is 42.9 Å². The van der Waals surface area contributed by atoms with Crippen LogP contribution in [-0.2, 0) is 16.1 Å². The Morgan fingerprint density at radius 2 is 2.17 bits per heavy atom. The van der Waals surface area contributed by atoms with Gasteiger partial charge in [0.15, 0.2) is 0 Å². The summed E-state index contributed by atoms with van der Waals surface area (Å²) in [5.41, 5.74) is 1.74. The van der Waals surface area contributed by atoms with Crippen molar-refractivity contribution in [2.45, 2.75) is 38.3 Å². The van der Waals surface area contributed by atoms with Gasteiger partial charge in [-0.25, -0.2) is 0 Å². The zero-order valence-corrected chi connectivity index (χ0v) is 14.5. The number of amides is 2.